The van der Waals surface area contributed by atoms with Gasteiger partial charge in [-0.3, -0.25) is 9.59 Å². The summed E-state index contributed by atoms with van der Waals surface area (Å²) in [5.74, 6) is 0.444. The lowest BCUT2D eigenvalue weighted by Crippen LogP contribution is -2.44. The van der Waals surface area contributed by atoms with Gasteiger partial charge in [-0.1, -0.05) is 78.9 Å². The fourth-order valence-corrected chi connectivity index (χ4v) is 4.72. The number of aryl methyl sites for hydroxylation is 1. The van der Waals surface area contributed by atoms with Gasteiger partial charge in [0.15, 0.2) is 11.5 Å². The topological polar surface area (TPSA) is 67.9 Å². The summed E-state index contributed by atoms with van der Waals surface area (Å²) in [5, 5.41) is 3.03. The van der Waals surface area contributed by atoms with Gasteiger partial charge in [0.25, 0.3) is 0 Å². The monoisotopic (exact) mass is 554 g/mol. The number of methoxy groups -OCH3 is 2. The van der Waals surface area contributed by atoms with Crippen LogP contribution in [-0.4, -0.2) is 37.5 Å². The number of hydrogen-bond acceptors (Lipinski definition) is 4. The Balaban J connectivity index is 1.56. The third-order valence-electron chi connectivity index (χ3n) is 6.89. The molecule has 212 valence electrons. The van der Waals surface area contributed by atoms with Crippen LogP contribution in [0.1, 0.15) is 34.7 Å². The van der Waals surface area contributed by atoms with E-state index in [1.807, 2.05) is 78.9 Å². The van der Waals surface area contributed by atoms with E-state index in [1.54, 1.807) is 31.3 Å². The highest BCUT2D eigenvalue weighted by Gasteiger charge is 2.31. The fraction of sp³-hybridized carbons (Fsp3) is 0.235. The Morgan fingerprint density at radius 2 is 1.39 bits per heavy atom. The molecule has 0 aromatic heterocycles. The van der Waals surface area contributed by atoms with E-state index < -0.39 is 6.04 Å². The van der Waals surface area contributed by atoms with Crippen LogP contribution in [0.2, 0.25) is 0 Å². The van der Waals surface area contributed by atoms with Gasteiger partial charge < -0.3 is 19.7 Å². The Bertz CT molecular complexity index is 1410. The first-order valence-corrected chi connectivity index (χ1v) is 13.6. The van der Waals surface area contributed by atoms with Gasteiger partial charge in [-0.2, -0.15) is 0 Å². The Morgan fingerprint density at radius 3 is 2.05 bits per heavy atom. The lowest BCUT2D eigenvalue weighted by atomic mass is 10.0. The summed E-state index contributed by atoms with van der Waals surface area (Å²) in [4.78, 5) is 29.2. The second-order valence-electron chi connectivity index (χ2n) is 9.68. The molecule has 0 heterocycles. The number of halogens is 1. The molecule has 1 atom stereocenters. The lowest BCUT2D eigenvalue weighted by molar-refractivity contribution is -0.141. The van der Waals surface area contributed by atoms with E-state index in [2.05, 4.69) is 5.32 Å². The van der Waals surface area contributed by atoms with E-state index in [4.69, 9.17) is 9.47 Å². The van der Waals surface area contributed by atoms with Gasteiger partial charge in [0.1, 0.15) is 11.9 Å². The molecule has 0 aliphatic rings. The lowest BCUT2D eigenvalue weighted by Gasteiger charge is -2.32. The molecule has 0 aliphatic heterocycles. The standard InChI is InChI=1S/C34H35FN2O4/c1-40-30-19-15-26(23-31(30)41-2)21-22-36-34(39)33(28-11-7-4-8-12-28)37(24-27-13-17-29(35)18-14-27)32(38)20-16-25-9-5-3-6-10-25/h3-15,17-19,23,33H,16,20-22,24H2,1-2H3,(H,36,39)/t33-/m0/s1. The molecule has 4 aromatic rings. The summed E-state index contributed by atoms with van der Waals surface area (Å²) in [6, 6.07) is 29.8. The normalized spacial score (nSPS) is 11.4. The maximum atomic E-state index is 13.8. The van der Waals surface area contributed by atoms with Crippen molar-refractivity contribution in [1.29, 1.82) is 0 Å². The van der Waals surface area contributed by atoms with Crippen molar-refractivity contribution in [2.45, 2.75) is 31.8 Å². The Labute approximate surface area is 240 Å². The average Bonchev–Trinajstić information content (AvgIpc) is 3.01. The molecular formula is C34H35FN2O4. The largest absolute Gasteiger partial charge is 0.493 e. The zero-order chi connectivity index (χ0) is 29.0. The van der Waals surface area contributed by atoms with Crippen LogP contribution in [0.15, 0.2) is 103 Å². The van der Waals surface area contributed by atoms with Crippen LogP contribution in [0.5, 0.6) is 11.5 Å². The predicted molar refractivity (Wildman–Crippen MR) is 157 cm³/mol. The fourth-order valence-electron chi connectivity index (χ4n) is 4.72. The van der Waals surface area contributed by atoms with E-state index >= 15 is 0 Å². The average molecular weight is 555 g/mol. The number of nitrogens with one attached hydrogen (secondary N) is 1. The van der Waals surface area contributed by atoms with E-state index in [0.29, 0.717) is 36.4 Å². The molecule has 2 amide bonds. The van der Waals surface area contributed by atoms with Gasteiger partial charge >= 0.3 is 0 Å². The first kappa shape index (κ1) is 29.3. The van der Waals surface area contributed by atoms with Crippen molar-refractivity contribution in [2.75, 3.05) is 20.8 Å². The number of carbonyl (C=O) groups is 2. The van der Waals surface area contributed by atoms with Crippen molar-refractivity contribution >= 4 is 11.8 Å². The van der Waals surface area contributed by atoms with Crippen molar-refractivity contribution in [2.24, 2.45) is 0 Å². The Morgan fingerprint density at radius 1 is 0.756 bits per heavy atom. The molecule has 0 aliphatic carbocycles. The van der Waals surface area contributed by atoms with Crippen LogP contribution in [0.4, 0.5) is 4.39 Å². The number of hydrogen-bond donors (Lipinski definition) is 1. The van der Waals surface area contributed by atoms with Gasteiger partial charge in [0.05, 0.1) is 14.2 Å². The maximum Gasteiger partial charge on any atom is 0.247 e. The van der Waals surface area contributed by atoms with Gasteiger partial charge in [-0.15, -0.1) is 0 Å². The molecule has 0 saturated carbocycles. The molecule has 0 spiro atoms. The molecular weight excluding hydrogens is 519 g/mol. The summed E-state index contributed by atoms with van der Waals surface area (Å²) in [5.41, 5.74) is 3.45. The molecule has 0 saturated heterocycles. The van der Waals surface area contributed by atoms with Gasteiger partial charge in [-0.05, 0) is 59.4 Å². The van der Waals surface area contributed by atoms with Crippen LogP contribution in [0, 0.1) is 5.82 Å². The Kier molecular flexibility index (Phi) is 10.5. The van der Waals surface area contributed by atoms with Crippen molar-refractivity contribution in [1.82, 2.24) is 10.2 Å². The van der Waals surface area contributed by atoms with Crippen LogP contribution < -0.4 is 14.8 Å². The summed E-state index contributed by atoms with van der Waals surface area (Å²) in [6.45, 7) is 0.525. The number of nitrogens with zero attached hydrogens (tertiary/aromatic N) is 1. The number of amides is 2. The van der Waals surface area contributed by atoms with Gasteiger partial charge in [-0.25, -0.2) is 4.39 Å². The van der Waals surface area contributed by atoms with Crippen molar-refractivity contribution in [3.8, 4) is 11.5 Å². The third kappa shape index (κ3) is 8.18. The van der Waals surface area contributed by atoms with E-state index in [1.165, 1.54) is 12.1 Å². The van der Waals surface area contributed by atoms with Crippen LogP contribution in [0.25, 0.3) is 0 Å². The molecule has 4 rings (SSSR count). The summed E-state index contributed by atoms with van der Waals surface area (Å²) in [6.07, 6.45) is 1.34. The van der Waals surface area contributed by atoms with Crippen molar-refractivity contribution < 1.29 is 23.5 Å². The minimum absolute atomic E-state index is 0.163. The van der Waals surface area contributed by atoms with Crippen molar-refractivity contribution in [3.63, 3.8) is 0 Å². The predicted octanol–water partition coefficient (Wildman–Crippen LogP) is 5.90. The highest BCUT2D eigenvalue weighted by atomic mass is 19.1. The van der Waals surface area contributed by atoms with E-state index in [0.717, 1.165) is 16.7 Å². The molecule has 6 nitrogen and oxygen atoms in total. The SMILES string of the molecule is COc1ccc(CCNC(=O)[C@H](c2ccccc2)N(Cc2ccc(F)cc2)C(=O)CCc2ccccc2)cc1OC. The number of benzene rings is 4. The third-order valence-corrected chi connectivity index (χ3v) is 6.89. The van der Waals surface area contributed by atoms with E-state index in [-0.39, 0.29) is 30.6 Å². The summed E-state index contributed by atoms with van der Waals surface area (Å²) in [7, 11) is 3.17. The zero-order valence-electron chi connectivity index (χ0n) is 23.4. The summed E-state index contributed by atoms with van der Waals surface area (Å²) >= 11 is 0. The summed E-state index contributed by atoms with van der Waals surface area (Å²) < 4.78 is 24.4. The molecule has 1 N–H and O–H groups in total. The smallest absolute Gasteiger partial charge is 0.247 e. The van der Waals surface area contributed by atoms with Gasteiger partial charge in [0, 0.05) is 19.5 Å². The quantitative estimate of drug-likeness (QED) is 0.223. The molecule has 0 fully saturated rings. The minimum atomic E-state index is -0.866. The highest BCUT2D eigenvalue weighted by molar-refractivity contribution is 5.88. The first-order valence-electron chi connectivity index (χ1n) is 13.6. The van der Waals surface area contributed by atoms with E-state index in [9.17, 15) is 14.0 Å². The zero-order valence-corrected chi connectivity index (χ0v) is 23.4. The molecule has 0 bridgehead atoms. The number of rotatable bonds is 13. The molecule has 4 aromatic carbocycles. The second kappa shape index (κ2) is 14.7. The number of carbonyl (C=O) groups excluding carboxylic acids is 2. The first-order chi connectivity index (χ1) is 20.0. The second-order valence-corrected chi connectivity index (χ2v) is 9.68. The molecule has 41 heavy (non-hydrogen) atoms. The van der Waals surface area contributed by atoms with Crippen molar-refractivity contribution in [3.05, 3.63) is 131 Å². The van der Waals surface area contributed by atoms with Crippen LogP contribution in [-0.2, 0) is 29.0 Å². The molecule has 7 heteroatoms. The Hall–Kier alpha value is -4.65. The van der Waals surface area contributed by atoms with Crippen LogP contribution >= 0.6 is 0 Å². The molecule has 0 unspecified atom stereocenters. The minimum Gasteiger partial charge on any atom is -0.493 e. The highest BCUT2D eigenvalue weighted by Crippen LogP contribution is 2.28. The van der Waals surface area contributed by atoms with Crippen LogP contribution in [0.3, 0.4) is 0 Å². The van der Waals surface area contributed by atoms with Gasteiger partial charge in [0.2, 0.25) is 11.8 Å². The molecule has 0 radical (unpaired) electrons. The number of ether oxygens (including phenoxy) is 2. The maximum absolute atomic E-state index is 13.8.